The van der Waals surface area contributed by atoms with Crippen LogP contribution in [0.1, 0.15) is 5.56 Å². The highest BCUT2D eigenvalue weighted by Crippen LogP contribution is 2.20. The quantitative estimate of drug-likeness (QED) is 0.560. The molecule has 1 aromatic rings. The van der Waals surface area contributed by atoms with E-state index in [1.165, 1.54) is 20.2 Å². The summed E-state index contributed by atoms with van der Waals surface area (Å²) in [7, 11) is 4.54. The Morgan fingerprint density at radius 2 is 2.17 bits per heavy atom. The molecule has 0 N–H and O–H groups in total. The highest BCUT2D eigenvalue weighted by molar-refractivity contribution is 5.86. The lowest BCUT2D eigenvalue weighted by atomic mass is 10.1. The number of hydroxylamine groups is 2. The molecule has 1 heterocycles. The third-order valence-corrected chi connectivity index (χ3v) is 3.87. The number of para-hydroxylation sites is 1. The zero-order valence-electron chi connectivity index (χ0n) is 14.1. The SMILES string of the molecule is COc1ccccc1CCN1C(=O)OC[C@@H]1/C=C/C(=O)N(C)OC. The molecule has 24 heavy (non-hydrogen) atoms. The van der Waals surface area contributed by atoms with Crippen LogP contribution in [0.3, 0.4) is 0 Å². The molecule has 1 aliphatic rings. The largest absolute Gasteiger partial charge is 0.496 e. The first-order chi connectivity index (χ1) is 11.6. The van der Waals surface area contributed by atoms with Gasteiger partial charge in [-0.25, -0.2) is 9.86 Å². The van der Waals surface area contributed by atoms with Crippen molar-refractivity contribution < 1.29 is 23.9 Å². The zero-order valence-corrected chi connectivity index (χ0v) is 14.1. The number of hydrogen-bond donors (Lipinski definition) is 0. The highest BCUT2D eigenvalue weighted by atomic mass is 16.7. The highest BCUT2D eigenvalue weighted by Gasteiger charge is 2.31. The van der Waals surface area contributed by atoms with Crippen LogP contribution in [-0.4, -0.2) is 62.4 Å². The number of amides is 2. The van der Waals surface area contributed by atoms with Crippen LogP contribution in [0.15, 0.2) is 36.4 Å². The fraction of sp³-hybridized carbons (Fsp3) is 0.412. The van der Waals surface area contributed by atoms with Crippen molar-refractivity contribution in [1.29, 1.82) is 0 Å². The van der Waals surface area contributed by atoms with E-state index in [4.69, 9.17) is 14.3 Å². The molecule has 0 unspecified atom stereocenters. The van der Waals surface area contributed by atoms with E-state index in [1.54, 1.807) is 18.1 Å². The minimum atomic E-state index is -0.382. The van der Waals surface area contributed by atoms with Crippen molar-refractivity contribution in [2.24, 2.45) is 0 Å². The van der Waals surface area contributed by atoms with Gasteiger partial charge in [0, 0.05) is 19.7 Å². The second kappa shape index (κ2) is 8.35. The second-order valence-corrected chi connectivity index (χ2v) is 5.28. The van der Waals surface area contributed by atoms with Gasteiger partial charge in [0.15, 0.2) is 0 Å². The molecule has 0 bridgehead atoms. The summed E-state index contributed by atoms with van der Waals surface area (Å²) in [5.41, 5.74) is 1.01. The van der Waals surface area contributed by atoms with Crippen molar-refractivity contribution in [3.63, 3.8) is 0 Å². The molecule has 1 fully saturated rings. The Morgan fingerprint density at radius 3 is 2.88 bits per heavy atom. The maximum Gasteiger partial charge on any atom is 0.410 e. The number of methoxy groups -OCH3 is 1. The molecule has 1 aromatic carbocycles. The van der Waals surface area contributed by atoms with Crippen molar-refractivity contribution in [1.82, 2.24) is 9.96 Å². The number of hydrogen-bond acceptors (Lipinski definition) is 5. The first kappa shape index (κ1) is 17.8. The van der Waals surface area contributed by atoms with Gasteiger partial charge in [-0.05, 0) is 18.1 Å². The normalized spacial score (nSPS) is 17.2. The molecule has 7 heteroatoms. The Labute approximate surface area is 141 Å². The second-order valence-electron chi connectivity index (χ2n) is 5.28. The van der Waals surface area contributed by atoms with Crippen LogP contribution < -0.4 is 4.74 Å². The van der Waals surface area contributed by atoms with E-state index in [1.807, 2.05) is 24.3 Å². The summed E-state index contributed by atoms with van der Waals surface area (Å²) < 4.78 is 10.4. The number of nitrogens with zero attached hydrogens (tertiary/aromatic N) is 2. The Hall–Kier alpha value is -2.54. The molecule has 130 valence electrons. The summed E-state index contributed by atoms with van der Waals surface area (Å²) in [6.07, 6.45) is 3.29. The van der Waals surface area contributed by atoms with Gasteiger partial charge in [-0.3, -0.25) is 14.5 Å². The van der Waals surface area contributed by atoms with Crippen LogP contribution in [-0.2, 0) is 20.8 Å². The lowest BCUT2D eigenvalue weighted by Gasteiger charge is -2.19. The lowest BCUT2D eigenvalue weighted by Crippen LogP contribution is -2.34. The van der Waals surface area contributed by atoms with Gasteiger partial charge in [0.05, 0.1) is 20.3 Å². The van der Waals surface area contributed by atoms with E-state index in [2.05, 4.69) is 0 Å². The summed E-state index contributed by atoms with van der Waals surface area (Å²) in [5.74, 6) is 0.482. The van der Waals surface area contributed by atoms with Crippen molar-refractivity contribution in [2.75, 3.05) is 34.4 Å². The van der Waals surface area contributed by atoms with Crippen molar-refractivity contribution >= 4 is 12.0 Å². The fourth-order valence-corrected chi connectivity index (χ4v) is 2.42. The zero-order chi connectivity index (χ0) is 17.5. The van der Waals surface area contributed by atoms with Crippen LogP contribution in [0.4, 0.5) is 4.79 Å². The summed E-state index contributed by atoms with van der Waals surface area (Å²) >= 11 is 0. The first-order valence-corrected chi connectivity index (χ1v) is 7.62. The van der Waals surface area contributed by atoms with Crippen LogP contribution in [0.2, 0.25) is 0 Å². The molecule has 7 nitrogen and oxygen atoms in total. The maximum absolute atomic E-state index is 11.9. The van der Waals surface area contributed by atoms with E-state index >= 15 is 0 Å². The molecule has 1 aliphatic heterocycles. The van der Waals surface area contributed by atoms with Gasteiger partial charge in [-0.2, -0.15) is 0 Å². The fourth-order valence-electron chi connectivity index (χ4n) is 2.42. The third kappa shape index (κ3) is 4.26. The molecule has 0 aromatic heterocycles. The molecular formula is C17H22N2O5. The van der Waals surface area contributed by atoms with Crippen molar-refractivity contribution in [3.8, 4) is 5.75 Å². The summed E-state index contributed by atoms with van der Waals surface area (Å²) in [6.45, 7) is 0.702. The number of benzene rings is 1. The predicted molar refractivity (Wildman–Crippen MR) is 87.5 cm³/mol. The minimum absolute atomic E-state index is 0.227. The summed E-state index contributed by atoms with van der Waals surface area (Å²) in [6, 6.07) is 7.39. The van der Waals surface area contributed by atoms with E-state index in [-0.39, 0.29) is 24.6 Å². The molecule has 0 aliphatic carbocycles. The van der Waals surface area contributed by atoms with E-state index in [0.29, 0.717) is 13.0 Å². The number of ether oxygens (including phenoxy) is 2. The van der Waals surface area contributed by atoms with Gasteiger partial charge in [0.1, 0.15) is 12.4 Å². The minimum Gasteiger partial charge on any atom is -0.496 e. The number of carbonyl (C=O) groups is 2. The monoisotopic (exact) mass is 334 g/mol. The van der Waals surface area contributed by atoms with Crippen LogP contribution in [0.5, 0.6) is 5.75 Å². The average Bonchev–Trinajstić information content (AvgIpc) is 2.97. The Balaban J connectivity index is 2.00. The smallest absolute Gasteiger partial charge is 0.410 e. The van der Waals surface area contributed by atoms with E-state index < -0.39 is 0 Å². The third-order valence-electron chi connectivity index (χ3n) is 3.87. The van der Waals surface area contributed by atoms with Gasteiger partial charge < -0.3 is 9.47 Å². The predicted octanol–water partition coefficient (Wildman–Crippen LogP) is 1.63. The van der Waals surface area contributed by atoms with Crippen molar-refractivity contribution in [2.45, 2.75) is 12.5 Å². The van der Waals surface area contributed by atoms with E-state index in [9.17, 15) is 9.59 Å². The number of cyclic esters (lactones) is 1. The van der Waals surface area contributed by atoms with Crippen LogP contribution in [0, 0.1) is 0 Å². The van der Waals surface area contributed by atoms with Gasteiger partial charge in [0.2, 0.25) is 0 Å². The van der Waals surface area contributed by atoms with Gasteiger partial charge in [-0.1, -0.05) is 24.3 Å². The van der Waals surface area contributed by atoms with E-state index in [0.717, 1.165) is 16.4 Å². The molecule has 0 spiro atoms. The molecule has 2 amide bonds. The van der Waals surface area contributed by atoms with Crippen LogP contribution in [0.25, 0.3) is 0 Å². The number of carbonyl (C=O) groups excluding carboxylic acids is 2. The molecule has 1 atom stereocenters. The summed E-state index contributed by atoms with van der Waals surface area (Å²) in [4.78, 5) is 30.1. The molecule has 2 rings (SSSR count). The van der Waals surface area contributed by atoms with Gasteiger partial charge >= 0.3 is 6.09 Å². The standard InChI is InChI=1S/C17H22N2O5/c1-18(23-3)16(20)9-8-14-12-24-17(21)19(14)11-10-13-6-4-5-7-15(13)22-2/h4-9,14H,10-12H2,1-3H3/b9-8+/t14-/m0/s1. The number of rotatable bonds is 7. The molecule has 0 saturated carbocycles. The first-order valence-electron chi connectivity index (χ1n) is 7.62. The Morgan fingerprint density at radius 1 is 1.42 bits per heavy atom. The van der Waals surface area contributed by atoms with Crippen LogP contribution >= 0.6 is 0 Å². The summed E-state index contributed by atoms with van der Waals surface area (Å²) in [5, 5.41) is 1.10. The molecular weight excluding hydrogens is 312 g/mol. The number of likely N-dealkylation sites (N-methyl/N-ethyl adjacent to an activating group) is 1. The molecule has 0 radical (unpaired) electrons. The van der Waals surface area contributed by atoms with Gasteiger partial charge in [-0.15, -0.1) is 0 Å². The lowest BCUT2D eigenvalue weighted by molar-refractivity contribution is -0.162. The Bertz CT molecular complexity index is 617. The maximum atomic E-state index is 11.9. The van der Waals surface area contributed by atoms with Gasteiger partial charge in [0.25, 0.3) is 5.91 Å². The molecule has 1 saturated heterocycles. The van der Waals surface area contributed by atoms with Crippen molar-refractivity contribution in [3.05, 3.63) is 42.0 Å². The average molecular weight is 334 g/mol. The Kier molecular flexibility index (Phi) is 6.20. The topological polar surface area (TPSA) is 68.3 Å².